The lowest BCUT2D eigenvalue weighted by Gasteiger charge is -2.30. The van der Waals surface area contributed by atoms with Crippen LogP contribution in [-0.4, -0.2) is 60.8 Å². The zero-order valence-electron chi connectivity index (χ0n) is 11.9. The fourth-order valence-corrected chi connectivity index (χ4v) is 3.00. The van der Waals surface area contributed by atoms with Gasteiger partial charge in [0.1, 0.15) is 15.4 Å². The van der Waals surface area contributed by atoms with Gasteiger partial charge in [0.05, 0.1) is 17.9 Å². The molecule has 0 spiro atoms. The van der Waals surface area contributed by atoms with Crippen molar-refractivity contribution < 1.29 is 23.1 Å². The highest BCUT2D eigenvalue weighted by Crippen LogP contribution is 2.23. The average molecular weight is 293 g/mol. The highest BCUT2D eigenvalue weighted by atomic mass is 32.2. The standard InChI is InChI=1S/C12H23NO5S/c1-12(2,3)18-11(15)13-7-5-6-9(13)10(14)8-19(4,16)17/h9-10,14H,5-8H2,1-4H3/t9-,10?/m0/s1. The average Bonchev–Trinajstić information content (AvgIpc) is 2.59. The van der Waals surface area contributed by atoms with Crippen LogP contribution in [0.15, 0.2) is 0 Å². The van der Waals surface area contributed by atoms with Crippen molar-refractivity contribution >= 4 is 15.9 Å². The molecule has 1 saturated heterocycles. The molecule has 7 heteroatoms. The third kappa shape index (κ3) is 5.36. The van der Waals surface area contributed by atoms with Gasteiger partial charge in [0, 0.05) is 12.8 Å². The molecular formula is C12H23NO5S. The second-order valence-corrected chi connectivity index (χ2v) is 8.23. The van der Waals surface area contributed by atoms with Crippen LogP contribution in [0.3, 0.4) is 0 Å². The molecule has 1 fully saturated rings. The molecule has 0 aliphatic carbocycles. The van der Waals surface area contributed by atoms with Gasteiger partial charge in [-0.1, -0.05) is 0 Å². The lowest BCUT2D eigenvalue weighted by molar-refractivity contribution is 0.00843. The molecule has 1 aliphatic rings. The van der Waals surface area contributed by atoms with Crippen molar-refractivity contribution in [3.63, 3.8) is 0 Å². The Labute approximate surface area is 114 Å². The smallest absolute Gasteiger partial charge is 0.410 e. The summed E-state index contributed by atoms with van der Waals surface area (Å²) < 4.78 is 27.7. The van der Waals surface area contributed by atoms with Gasteiger partial charge in [0.25, 0.3) is 0 Å². The predicted octanol–water partition coefficient (Wildman–Crippen LogP) is 0.791. The molecule has 1 rings (SSSR count). The molecule has 0 bridgehead atoms. The van der Waals surface area contributed by atoms with Gasteiger partial charge >= 0.3 is 6.09 Å². The Morgan fingerprint density at radius 3 is 2.53 bits per heavy atom. The summed E-state index contributed by atoms with van der Waals surface area (Å²) in [6, 6.07) is -0.482. The number of carbonyl (C=O) groups is 1. The van der Waals surface area contributed by atoms with Crippen molar-refractivity contribution in [3.8, 4) is 0 Å². The highest BCUT2D eigenvalue weighted by molar-refractivity contribution is 7.90. The maximum atomic E-state index is 12.0. The topological polar surface area (TPSA) is 83.9 Å². The maximum Gasteiger partial charge on any atom is 0.410 e. The van der Waals surface area contributed by atoms with Crippen LogP contribution in [0.1, 0.15) is 33.6 Å². The van der Waals surface area contributed by atoms with Gasteiger partial charge in [-0.3, -0.25) is 0 Å². The first-order chi connectivity index (χ1) is 8.49. The number of hydrogen-bond acceptors (Lipinski definition) is 5. The number of nitrogens with zero attached hydrogens (tertiary/aromatic N) is 1. The molecule has 0 saturated carbocycles. The van der Waals surface area contributed by atoms with Crippen molar-refractivity contribution in [1.82, 2.24) is 4.90 Å². The Hall–Kier alpha value is -0.820. The molecular weight excluding hydrogens is 270 g/mol. The summed E-state index contributed by atoms with van der Waals surface area (Å²) in [6.45, 7) is 5.79. The molecule has 112 valence electrons. The van der Waals surface area contributed by atoms with Gasteiger partial charge in [0.15, 0.2) is 0 Å². The van der Waals surface area contributed by atoms with E-state index in [4.69, 9.17) is 4.74 Å². The van der Waals surface area contributed by atoms with Crippen LogP contribution >= 0.6 is 0 Å². The molecule has 0 aromatic rings. The van der Waals surface area contributed by atoms with Crippen LogP contribution in [0, 0.1) is 0 Å². The van der Waals surface area contributed by atoms with Gasteiger partial charge in [-0.05, 0) is 33.6 Å². The molecule has 0 radical (unpaired) electrons. The van der Waals surface area contributed by atoms with E-state index in [9.17, 15) is 18.3 Å². The zero-order chi connectivity index (χ0) is 14.8. The third-order valence-corrected chi connectivity index (χ3v) is 3.79. The van der Waals surface area contributed by atoms with Crippen LogP contribution in [0.25, 0.3) is 0 Å². The van der Waals surface area contributed by atoms with E-state index in [0.29, 0.717) is 13.0 Å². The van der Waals surface area contributed by atoms with Gasteiger partial charge in [0.2, 0.25) is 0 Å². The summed E-state index contributed by atoms with van der Waals surface area (Å²) in [5.41, 5.74) is -0.605. The number of amides is 1. The number of aliphatic hydroxyl groups is 1. The first-order valence-electron chi connectivity index (χ1n) is 6.35. The van der Waals surface area contributed by atoms with Crippen LogP contribution < -0.4 is 0 Å². The summed E-state index contributed by atoms with van der Waals surface area (Å²) in [4.78, 5) is 13.4. The van der Waals surface area contributed by atoms with Crippen molar-refractivity contribution in [2.45, 2.75) is 51.4 Å². The second-order valence-electron chi connectivity index (χ2n) is 6.04. The normalized spacial score (nSPS) is 22.4. The summed E-state index contributed by atoms with van der Waals surface area (Å²) in [7, 11) is -3.27. The quantitative estimate of drug-likeness (QED) is 0.831. The van der Waals surface area contributed by atoms with E-state index in [-0.39, 0.29) is 5.75 Å². The molecule has 1 aliphatic heterocycles. The number of carbonyl (C=O) groups excluding carboxylic acids is 1. The van der Waals surface area contributed by atoms with E-state index in [2.05, 4.69) is 0 Å². The molecule has 2 atom stereocenters. The number of ether oxygens (including phenoxy) is 1. The van der Waals surface area contributed by atoms with Gasteiger partial charge in [-0.15, -0.1) is 0 Å². The molecule has 1 heterocycles. The van der Waals surface area contributed by atoms with Gasteiger partial charge in [-0.25, -0.2) is 13.2 Å². The van der Waals surface area contributed by atoms with E-state index in [1.807, 2.05) is 0 Å². The Morgan fingerprint density at radius 2 is 2.05 bits per heavy atom. The molecule has 0 aromatic heterocycles. The molecule has 1 unspecified atom stereocenters. The zero-order valence-corrected chi connectivity index (χ0v) is 12.7. The number of likely N-dealkylation sites (tertiary alicyclic amines) is 1. The van der Waals surface area contributed by atoms with Crippen LogP contribution in [-0.2, 0) is 14.6 Å². The largest absolute Gasteiger partial charge is 0.444 e. The minimum atomic E-state index is -3.27. The van der Waals surface area contributed by atoms with E-state index < -0.39 is 33.7 Å². The first kappa shape index (κ1) is 16.2. The minimum Gasteiger partial charge on any atom is -0.444 e. The summed E-state index contributed by atoms with van der Waals surface area (Å²) in [5.74, 6) is -0.336. The Bertz CT molecular complexity index is 426. The van der Waals surface area contributed by atoms with Gasteiger partial charge in [-0.2, -0.15) is 0 Å². The number of aliphatic hydroxyl groups excluding tert-OH is 1. The third-order valence-electron chi connectivity index (χ3n) is 2.84. The van der Waals surface area contributed by atoms with E-state index in [1.165, 1.54) is 4.90 Å². The fraction of sp³-hybridized carbons (Fsp3) is 0.917. The van der Waals surface area contributed by atoms with Crippen molar-refractivity contribution in [3.05, 3.63) is 0 Å². The number of hydrogen-bond donors (Lipinski definition) is 1. The monoisotopic (exact) mass is 293 g/mol. The first-order valence-corrected chi connectivity index (χ1v) is 8.41. The predicted molar refractivity (Wildman–Crippen MR) is 71.7 cm³/mol. The molecule has 19 heavy (non-hydrogen) atoms. The number of rotatable bonds is 3. The lowest BCUT2D eigenvalue weighted by Crippen LogP contribution is -2.47. The van der Waals surface area contributed by atoms with Crippen molar-refractivity contribution in [2.75, 3.05) is 18.6 Å². The number of sulfone groups is 1. The van der Waals surface area contributed by atoms with Crippen molar-refractivity contribution in [2.24, 2.45) is 0 Å². The van der Waals surface area contributed by atoms with Crippen LogP contribution in [0.2, 0.25) is 0 Å². The highest BCUT2D eigenvalue weighted by Gasteiger charge is 2.37. The van der Waals surface area contributed by atoms with E-state index >= 15 is 0 Å². The van der Waals surface area contributed by atoms with Crippen LogP contribution in [0.4, 0.5) is 4.79 Å². The van der Waals surface area contributed by atoms with E-state index in [0.717, 1.165) is 12.7 Å². The lowest BCUT2D eigenvalue weighted by atomic mass is 10.1. The van der Waals surface area contributed by atoms with Crippen LogP contribution in [0.5, 0.6) is 0 Å². The second kappa shape index (κ2) is 5.66. The van der Waals surface area contributed by atoms with Gasteiger partial charge < -0.3 is 14.7 Å². The summed E-state index contributed by atoms with van der Waals surface area (Å²) >= 11 is 0. The van der Waals surface area contributed by atoms with Crippen molar-refractivity contribution in [1.29, 1.82) is 0 Å². The maximum absolute atomic E-state index is 12.0. The summed E-state index contributed by atoms with van der Waals surface area (Å²) in [6.07, 6.45) is 0.844. The Kier molecular flexibility index (Phi) is 4.84. The Morgan fingerprint density at radius 1 is 1.47 bits per heavy atom. The molecule has 6 nitrogen and oxygen atoms in total. The fourth-order valence-electron chi connectivity index (χ4n) is 2.16. The molecule has 0 aromatic carbocycles. The molecule has 1 N–H and O–H groups in total. The molecule has 1 amide bonds. The SMILES string of the molecule is CC(C)(C)OC(=O)N1CCC[C@H]1C(O)CS(C)(=O)=O. The van der Waals surface area contributed by atoms with E-state index in [1.54, 1.807) is 20.8 Å². The minimum absolute atomic E-state index is 0.336. The summed E-state index contributed by atoms with van der Waals surface area (Å²) in [5, 5.41) is 9.97. The Balaban J connectivity index is 2.71.